The Morgan fingerprint density at radius 3 is 2.84 bits per heavy atom. The summed E-state index contributed by atoms with van der Waals surface area (Å²) in [7, 11) is 0. The lowest BCUT2D eigenvalue weighted by Gasteiger charge is -2.21. The molecule has 5 heteroatoms. The Morgan fingerprint density at radius 1 is 1.16 bits per heavy atom. The van der Waals surface area contributed by atoms with Crippen LogP contribution in [0.15, 0.2) is 48.7 Å². The Morgan fingerprint density at radius 2 is 1.96 bits per heavy atom. The van der Waals surface area contributed by atoms with E-state index in [0.29, 0.717) is 19.6 Å². The molecule has 0 radical (unpaired) electrons. The number of carbonyl (C=O) groups excluding carboxylic acids is 1. The predicted octanol–water partition coefficient (Wildman–Crippen LogP) is 3.36. The fourth-order valence-corrected chi connectivity index (χ4v) is 3.16. The molecule has 1 atom stereocenters. The molecule has 2 heterocycles. The van der Waals surface area contributed by atoms with Gasteiger partial charge in [-0.15, -0.1) is 0 Å². The van der Waals surface area contributed by atoms with Crippen molar-refractivity contribution in [2.24, 2.45) is 0 Å². The summed E-state index contributed by atoms with van der Waals surface area (Å²) < 4.78 is 11.1. The molecule has 5 nitrogen and oxygen atoms in total. The van der Waals surface area contributed by atoms with Gasteiger partial charge in [0.1, 0.15) is 13.2 Å². The number of fused-ring (bicyclic) bond motifs is 2. The van der Waals surface area contributed by atoms with Crippen molar-refractivity contribution >= 4 is 16.8 Å². The third kappa shape index (κ3) is 3.18. The molecule has 0 unspecified atom stereocenters. The van der Waals surface area contributed by atoms with Crippen LogP contribution in [-0.2, 0) is 11.2 Å². The van der Waals surface area contributed by atoms with E-state index < -0.39 is 0 Å². The smallest absolute Gasteiger partial charge is 0.224 e. The van der Waals surface area contributed by atoms with Gasteiger partial charge in [0.05, 0.1) is 12.5 Å². The normalized spacial score (nSPS) is 14.3. The van der Waals surface area contributed by atoms with Crippen molar-refractivity contribution in [3.63, 3.8) is 0 Å². The molecule has 1 aromatic heterocycles. The van der Waals surface area contributed by atoms with Crippen LogP contribution in [0.5, 0.6) is 11.5 Å². The summed E-state index contributed by atoms with van der Waals surface area (Å²) in [5, 5.41) is 4.14. The number of carbonyl (C=O) groups is 1. The Balaban J connectivity index is 1.45. The Kier molecular flexibility index (Phi) is 4.06. The number of rotatable bonds is 4. The number of aromatic amines is 1. The van der Waals surface area contributed by atoms with E-state index in [9.17, 15) is 4.79 Å². The molecule has 2 N–H and O–H groups in total. The van der Waals surface area contributed by atoms with Gasteiger partial charge in [0, 0.05) is 17.1 Å². The van der Waals surface area contributed by atoms with Crippen LogP contribution in [-0.4, -0.2) is 24.1 Å². The van der Waals surface area contributed by atoms with E-state index in [2.05, 4.69) is 10.3 Å². The van der Waals surface area contributed by atoms with E-state index in [4.69, 9.17) is 9.47 Å². The average molecular weight is 336 g/mol. The zero-order valence-electron chi connectivity index (χ0n) is 14.0. The van der Waals surface area contributed by atoms with E-state index >= 15 is 0 Å². The second kappa shape index (κ2) is 6.51. The van der Waals surface area contributed by atoms with Gasteiger partial charge in [-0.05, 0) is 36.2 Å². The molecule has 0 bridgehead atoms. The lowest BCUT2D eigenvalue weighted by atomic mass is 10.1. The van der Waals surface area contributed by atoms with Gasteiger partial charge in [0.25, 0.3) is 0 Å². The van der Waals surface area contributed by atoms with E-state index in [-0.39, 0.29) is 11.9 Å². The number of ether oxygens (including phenoxy) is 2. The fraction of sp³-hybridized carbons (Fsp3) is 0.250. The number of nitrogens with one attached hydrogen (secondary N) is 2. The lowest BCUT2D eigenvalue weighted by molar-refractivity contribution is -0.121. The molecule has 1 aliphatic heterocycles. The zero-order valence-corrected chi connectivity index (χ0v) is 14.0. The Bertz CT molecular complexity index is 916. The van der Waals surface area contributed by atoms with Crippen molar-refractivity contribution in [1.29, 1.82) is 0 Å². The van der Waals surface area contributed by atoms with Gasteiger partial charge in [0.2, 0.25) is 5.91 Å². The highest BCUT2D eigenvalue weighted by Crippen LogP contribution is 2.32. The second-order valence-corrected chi connectivity index (χ2v) is 6.23. The van der Waals surface area contributed by atoms with E-state index in [0.717, 1.165) is 33.5 Å². The van der Waals surface area contributed by atoms with E-state index in [1.165, 1.54) is 0 Å². The number of amides is 1. The first-order valence-corrected chi connectivity index (χ1v) is 8.44. The molecule has 1 amide bonds. The van der Waals surface area contributed by atoms with Crippen LogP contribution in [0.2, 0.25) is 0 Å². The summed E-state index contributed by atoms with van der Waals surface area (Å²) in [5.41, 5.74) is 3.05. The van der Waals surface area contributed by atoms with Gasteiger partial charge in [-0.1, -0.05) is 24.3 Å². The molecule has 0 saturated heterocycles. The molecule has 0 saturated carbocycles. The van der Waals surface area contributed by atoms with Crippen molar-refractivity contribution < 1.29 is 14.3 Å². The van der Waals surface area contributed by atoms with Crippen LogP contribution in [0.4, 0.5) is 0 Å². The zero-order chi connectivity index (χ0) is 17.2. The molecular formula is C20H20N2O3. The van der Waals surface area contributed by atoms with E-state index in [1.807, 2.05) is 55.6 Å². The van der Waals surface area contributed by atoms with Crippen LogP contribution in [0.3, 0.4) is 0 Å². The number of aromatic nitrogens is 1. The van der Waals surface area contributed by atoms with Crippen LogP contribution in [0.1, 0.15) is 24.1 Å². The van der Waals surface area contributed by atoms with Crippen molar-refractivity contribution in [3.8, 4) is 11.5 Å². The van der Waals surface area contributed by atoms with Gasteiger partial charge in [0.15, 0.2) is 11.5 Å². The third-order valence-electron chi connectivity index (χ3n) is 4.47. The predicted molar refractivity (Wildman–Crippen MR) is 96.0 cm³/mol. The average Bonchev–Trinajstić information content (AvgIpc) is 3.04. The molecule has 0 spiro atoms. The monoisotopic (exact) mass is 336 g/mol. The quantitative estimate of drug-likeness (QED) is 0.768. The highest BCUT2D eigenvalue weighted by Gasteiger charge is 2.16. The maximum absolute atomic E-state index is 12.4. The number of hydrogen-bond donors (Lipinski definition) is 2. The lowest BCUT2D eigenvalue weighted by Crippen LogP contribution is -2.28. The maximum Gasteiger partial charge on any atom is 0.224 e. The number of benzene rings is 2. The van der Waals surface area contributed by atoms with Gasteiger partial charge in [-0.25, -0.2) is 0 Å². The summed E-state index contributed by atoms with van der Waals surface area (Å²) in [5.74, 6) is 1.49. The minimum absolute atomic E-state index is 0.00728. The minimum atomic E-state index is -0.103. The first-order chi connectivity index (χ1) is 12.2. The van der Waals surface area contributed by atoms with Gasteiger partial charge in [-0.2, -0.15) is 0 Å². The first-order valence-electron chi connectivity index (χ1n) is 8.44. The summed E-state index contributed by atoms with van der Waals surface area (Å²) in [4.78, 5) is 15.6. The van der Waals surface area contributed by atoms with Crippen LogP contribution < -0.4 is 14.8 Å². The topological polar surface area (TPSA) is 63.4 Å². The third-order valence-corrected chi connectivity index (χ3v) is 4.47. The second-order valence-electron chi connectivity index (χ2n) is 6.23. The molecular weight excluding hydrogens is 316 g/mol. The number of H-pyrrole nitrogens is 1. The van der Waals surface area contributed by atoms with Crippen molar-refractivity contribution in [1.82, 2.24) is 10.3 Å². The minimum Gasteiger partial charge on any atom is -0.486 e. The molecule has 128 valence electrons. The molecule has 2 aromatic carbocycles. The summed E-state index contributed by atoms with van der Waals surface area (Å²) in [6, 6.07) is 13.7. The van der Waals surface area contributed by atoms with Crippen LogP contribution in [0.25, 0.3) is 10.9 Å². The van der Waals surface area contributed by atoms with Crippen LogP contribution in [0, 0.1) is 0 Å². The fourth-order valence-electron chi connectivity index (χ4n) is 3.16. The van der Waals surface area contributed by atoms with Crippen molar-refractivity contribution in [2.75, 3.05) is 13.2 Å². The largest absolute Gasteiger partial charge is 0.486 e. The standard InChI is InChI=1S/C20H20N2O3/c1-13(14-6-7-18-19(10-14)25-9-8-24-18)22-20(23)11-15-12-21-17-5-3-2-4-16(15)17/h2-7,10,12-13,21H,8-9,11H2,1H3,(H,22,23)/t13-/m0/s1. The highest BCUT2D eigenvalue weighted by molar-refractivity contribution is 5.89. The van der Waals surface area contributed by atoms with Gasteiger partial charge in [-0.3, -0.25) is 4.79 Å². The van der Waals surface area contributed by atoms with Gasteiger partial charge >= 0.3 is 0 Å². The highest BCUT2D eigenvalue weighted by atomic mass is 16.6. The first kappa shape index (κ1) is 15.6. The Hall–Kier alpha value is -2.95. The summed E-state index contributed by atoms with van der Waals surface area (Å²) >= 11 is 0. The summed E-state index contributed by atoms with van der Waals surface area (Å²) in [6.07, 6.45) is 2.25. The van der Waals surface area contributed by atoms with Gasteiger partial charge < -0.3 is 19.8 Å². The molecule has 25 heavy (non-hydrogen) atoms. The van der Waals surface area contributed by atoms with E-state index in [1.54, 1.807) is 0 Å². The molecule has 0 fully saturated rings. The number of para-hydroxylation sites is 1. The molecule has 3 aromatic rings. The molecule has 0 aliphatic carbocycles. The molecule has 1 aliphatic rings. The molecule has 4 rings (SSSR count). The van der Waals surface area contributed by atoms with Crippen LogP contribution >= 0.6 is 0 Å². The van der Waals surface area contributed by atoms with Crippen molar-refractivity contribution in [3.05, 3.63) is 59.8 Å². The van der Waals surface area contributed by atoms with Crippen molar-refractivity contribution in [2.45, 2.75) is 19.4 Å². The maximum atomic E-state index is 12.4. The summed E-state index contributed by atoms with van der Waals surface area (Å²) in [6.45, 7) is 3.10. The SMILES string of the molecule is C[C@H](NC(=O)Cc1c[nH]c2ccccc12)c1ccc2c(c1)OCCO2. The Labute approximate surface area is 146 Å². The number of hydrogen-bond acceptors (Lipinski definition) is 3.